The van der Waals surface area contributed by atoms with Gasteiger partial charge in [0.2, 0.25) is 0 Å². The molecule has 0 spiro atoms. The van der Waals surface area contributed by atoms with E-state index in [0.717, 1.165) is 45.6 Å². The molecule has 2 aromatic rings. The summed E-state index contributed by atoms with van der Waals surface area (Å²) in [5.41, 5.74) is 3.00. The van der Waals surface area contributed by atoms with Gasteiger partial charge in [0.25, 0.3) is 0 Å². The van der Waals surface area contributed by atoms with Gasteiger partial charge in [0.05, 0.1) is 17.0 Å². The van der Waals surface area contributed by atoms with Gasteiger partial charge in [-0.2, -0.15) is 13.2 Å². The quantitative estimate of drug-likeness (QED) is 0.559. The second-order valence-corrected chi connectivity index (χ2v) is 6.63. The molecule has 130 valence electrons. The fraction of sp³-hybridized carbons (Fsp3) is 0.412. The molecule has 0 saturated heterocycles. The van der Waals surface area contributed by atoms with Crippen molar-refractivity contribution < 1.29 is 13.2 Å². The van der Waals surface area contributed by atoms with Crippen LogP contribution < -0.4 is 0 Å². The topological polar surface area (TPSA) is 28.5 Å². The van der Waals surface area contributed by atoms with Gasteiger partial charge in [0.15, 0.2) is 5.69 Å². The van der Waals surface area contributed by atoms with Crippen molar-refractivity contribution in [3.05, 3.63) is 44.9 Å². The number of aliphatic imine (C=N–C) groups is 1. The molecule has 0 fully saturated rings. The molecule has 0 saturated carbocycles. The number of rotatable bonds is 5. The van der Waals surface area contributed by atoms with Crippen molar-refractivity contribution in [1.82, 2.24) is 9.88 Å². The molecule has 0 aliphatic rings. The van der Waals surface area contributed by atoms with E-state index in [1.54, 1.807) is 6.34 Å². The SMILES string of the molecule is CCN(C)/C=N/c1cc(C)c(Cc2nc(C(F)(F)F)cs2)cc1C. The molecular formula is C17H20F3N3S. The molecule has 24 heavy (non-hydrogen) atoms. The van der Waals surface area contributed by atoms with Crippen LogP contribution in [-0.4, -0.2) is 29.8 Å². The zero-order chi connectivity index (χ0) is 17.9. The lowest BCUT2D eigenvalue weighted by molar-refractivity contribution is -0.140. The summed E-state index contributed by atoms with van der Waals surface area (Å²) in [6.45, 7) is 6.79. The lowest BCUT2D eigenvalue weighted by atomic mass is 10.0. The molecule has 2 rings (SSSR count). The summed E-state index contributed by atoms with van der Waals surface area (Å²) in [4.78, 5) is 10.1. The number of hydrogen-bond acceptors (Lipinski definition) is 3. The monoisotopic (exact) mass is 355 g/mol. The second-order valence-electron chi connectivity index (χ2n) is 5.68. The van der Waals surface area contributed by atoms with Crippen LogP contribution in [0.25, 0.3) is 0 Å². The number of halogens is 3. The fourth-order valence-corrected chi connectivity index (χ4v) is 2.94. The Hall–Kier alpha value is -1.89. The number of aryl methyl sites for hydroxylation is 2. The van der Waals surface area contributed by atoms with Crippen LogP contribution in [0.2, 0.25) is 0 Å². The lowest BCUT2D eigenvalue weighted by Crippen LogP contribution is -2.14. The Morgan fingerprint density at radius 2 is 1.96 bits per heavy atom. The molecule has 0 unspecified atom stereocenters. The van der Waals surface area contributed by atoms with Gasteiger partial charge in [-0.1, -0.05) is 6.07 Å². The predicted molar refractivity (Wildman–Crippen MR) is 92.3 cm³/mol. The molecule has 1 heterocycles. The average molecular weight is 355 g/mol. The fourth-order valence-electron chi connectivity index (χ4n) is 2.12. The Kier molecular flexibility index (Phi) is 5.64. The first-order valence-electron chi connectivity index (χ1n) is 7.57. The summed E-state index contributed by atoms with van der Waals surface area (Å²) in [5, 5.41) is 1.53. The second kappa shape index (κ2) is 7.34. The summed E-state index contributed by atoms with van der Waals surface area (Å²) in [6, 6.07) is 3.94. The largest absolute Gasteiger partial charge is 0.434 e. The highest BCUT2D eigenvalue weighted by Crippen LogP contribution is 2.31. The van der Waals surface area contributed by atoms with Crippen LogP contribution in [0.1, 0.15) is 34.3 Å². The summed E-state index contributed by atoms with van der Waals surface area (Å²) in [7, 11) is 1.95. The highest BCUT2D eigenvalue weighted by atomic mass is 32.1. The number of nitrogens with zero attached hydrogens (tertiary/aromatic N) is 3. The number of benzene rings is 1. The molecule has 0 atom stereocenters. The molecule has 0 bridgehead atoms. The van der Waals surface area contributed by atoms with Gasteiger partial charge >= 0.3 is 6.18 Å². The summed E-state index contributed by atoms with van der Waals surface area (Å²) < 4.78 is 37.9. The van der Waals surface area contributed by atoms with Crippen molar-refractivity contribution in [3.63, 3.8) is 0 Å². The van der Waals surface area contributed by atoms with Crippen LogP contribution >= 0.6 is 11.3 Å². The van der Waals surface area contributed by atoms with Crippen molar-refractivity contribution in [1.29, 1.82) is 0 Å². The van der Waals surface area contributed by atoms with Crippen LogP contribution in [0, 0.1) is 13.8 Å². The van der Waals surface area contributed by atoms with Crippen LogP contribution in [0.4, 0.5) is 18.9 Å². The van der Waals surface area contributed by atoms with Gasteiger partial charge in [0.1, 0.15) is 0 Å². The van der Waals surface area contributed by atoms with Gasteiger partial charge in [-0.3, -0.25) is 0 Å². The Balaban J connectivity index is 2.22. The number of hydrogen-bond donors (Lipinski definition) is 0. The minimum atomic E-state index is -4.39. The third-order valence-corrected chi connectivity index (χ3v) is 4.58. The van der Waals surface area contributed by atoms with E-state index in [-0.39, 0.29) is 0 Å². The maximum absolute atomic E-state index is 12.6. The first-order chi connectivity index (χ1) is 11.2. The minimum Gasteiger partial charge on any atom is -0.366 e. The van der Waals surface area contributed by atoms with Crippen LogP contribution in [-0.2, 0) is 12.6 Å². The Bertz CT molecular complexity index is 735. The summed E-state index contributed by atoms with van der Waals surface area (Å²) in [6.07, 6.45) is -2.21. The van der Waals surface area contributed by atoms with Crippen molar-refractivity contribution >= 4 is 23.4 Å². The van der Waals surface area contributed by atoms with Gasteiger partial charge in [-0.05, 0) is 43.5 Å². The standard InChI is InChI=1S/C17H20F3N3S/c1-5-23(4)10-21-14-7-11(2)13(6-12(14)3)8-16-22-15(9-24-16)17(18,19)20/h6-7,9-10H,5,8H2,1-4H3/b21-10+. The van der Waals surface area contributed by atoms with Crippen molar-refractivity contribution in [2.75, 3.05) is 13.6 Å². The number of aromatic nitrogens is 1. The summed E-state index contributed by atoms with van der Waals surface area (Å²) >= 11 is 1.04. The molecule has 0 amide bonds. The minimum absolute atomic E-state index is 0.395. The van der Waals surface area contributed by atoms with Gasteiger partial charge in [0, 0.05) is 25.4 Å². The Labute approximate surface area is 143 Å². The average Bonchev–Trinajstić information content (AvgIpc) is 2.97. The maximum Gasteiger partial charge on any atom is 0.434 e. The summed E-state index contributed by atoms with van der Waals surface area (Å²) in [5.74, 6) is 0. The van der Waals surface area contributed by atoms with Crippen molar-refractivity contribution in [2.24, 2.45) is 4.99 Å². The molecule has 1 aromatic heterocycles. The van der Waals surface area contributed by atoms with E-state index in [1.807, 2.05) is 44.9 Å². The van der Waals surface area contributed by atoms with E-state index in [1.165, 1.54) is 0 Å². The third-order valence-electron chi connectivity index (χ3n) is 3.73. The molecule has 1 aromatic carbocycles. The molecule has 0 aliphatic heterocycles. The van der Waals surface area contributed by atoms with Gasteiger partial charge < -0.3 is 4.90 Å². The van der Waals surface area contributed by atoms with Crippen LogP contribution in [0.3, 0.4) is 0 Å². The van der Waals surface area contributed by atoms with Gasteiger partial charge in [-0.15, -0.1) is 11.3 Å². The van der Waals surface area contributed by atoms with Crippen LogP contribution in [0.5, 0.6) is 0 Å². The maximum atomic E-state index is 12.6. The highest BCUT2D eigenvalue weighted by molar-refractivity contribution is 7.09. The molecular weight excluding hydrogens is 335 g/mol. The van der Waals surface area contributed by atoms with E-state index in [2.05, 4.69) is 9.98 Å². The molecule has 0 aliphatic carbocycles. The normalized spacial score (nSPS) is 12.1. The van der Waals surface area contributed by atoms with E-state index in [0.29, 0.717) is 11.4 Å². The zero-order valence-corrected chi connectivity index (χ0v) is 14.9. The van der Waals surface area contributed by atoms with E-state index < -0.39 is 11.9 Å². The highest BCUT2D eigenvalue weighted by Gasteiger charge is 2.33. The van der Waals surface area contributed by atoms with Crippen molar-refractivity contribution in [3.8, 4) is 0 Å². The Morgan fingerprint density at radius 3 is 2.54 bits per heavy atom. The smallest absolute Gasteiger partial charge is 0.366 e. The Morgan fingerprint density at radius 1 is 1.25 bits per heavy atom. The van der Waals surface area contributed by atoms with E-state index >= 15 is 0 Å². The van der Waals surface area contributed by atoms with E-state index in [9.17, 15) is 13.2 Å². The zero-order valence-electron chi connectivity index (χ0n) is 14.1. The molecule has 3 nitrogen and oxygen atoms in total. The number of thiazole rings is 1. The predicted octanol–water partition coefficient (Wildman–Crippen LogP) is 4.98. The third kappa shape index (κ3) is 4.56. The lowest BCUT2D eigenvalue weighted by Gasteiger charge is -2.11. The van der Waals surface area contributed by atoms with Gasteiger partial charge in [-0.25, -0.2) is 9.98 Å². The first-order valence-corrected chi connectivity index (χ1v) is 8.44. The first kappa shape index (κ1) is 18.4. The van der Waals surface area contributed by atoms with Crippen LogP contribution in [0.15, 0.2) is 22.5 Å². The van der Waals surface area contributed by atoms with Crippen molar-refractivity contribution in [2.45, 2.75) is 33.4 Å². The molecule has 7 heteroatoms. The number of alkyl halides is 3. The molecule has 0 N–H and O–H groups in total. The molecule has 0 radical (unpaired) electrons. The van der Waals surface area contributed by atoms with E-state index in [4.69, 9.17) is 0 Å².